The van der Waals surface area contributed by atoms with Gasteiger partial charge in [-0.1, -0.05) is 36.9 Å². The molecule has 3 nitrogen and oxygen atoms in total. The van der Waals surface area contributed by atoms with Crippen LogP contribution in [0.5, 0.6) is 0 Å². The van der Waals surface area contributed by atoms with Crippen LogP contribution in [0.1, 0.15) is 11.1 Å². The van der Waals surface area contributed by atoms with E-state index >= 15 is 0 Å². The molecule has 0 saturated carbocycles. The number of amides is 1. The highest BCUT2D eigenvalue weighted by molar-refractivity contribution is 5.98. The maximum atomic E-state index is 11.2. The molecule has 1 amide bonds. The van der Waals surface area contributed by atoms with Crippen molar-refractivity contribution in [2.45, 2.75) is 13.0 Å². The number of benzene rings is 2. The van der Waals surface area contributed by atoms with E-state index < -0.39 is 0 Å². The SMILES string of the molecule is C=CC(=O)Nc1ccc(CN2CCc3ccccc32)cc1. The molecule has 2 aromatic rings. The van der Waals surface area contributed by atoms with Gasteiger partial charge in [-0.3, -0.25) is 4.79 Å². The van der Waals surface area contributed by atoms with Crippen molar-refractivity contribution < 1.29 is 4.79 Å². The van der Waals surface area contributed by atoms with E-state index in [1.165, 1.54) is 22.9 Å². The van der Waals surface area contributed by atoms with E-state index in [2.05, 4.69) is 53.2 Å². The van der Waals surface area contributed by atoms with E-state index in [1.807, 2.05) is 12.1 Å². The van der Waals surface area contributed by atoms with Gasteiger partial charge in [0.2, 0.25) is 5.91 Å². The summed E-state index contributed by atoms with van der Waals surface area (Å²) in [6.07, 6.45) is 2.39. The molecule has 0 atom stereocenters. The number of rotatable bonds is 4. The molecular formula is C18H18N2O. The molecule has 1 aliphatic rings. The van der Waals surface area contributed by atoms with Gasteiger partial charge in [0.1, 0.15) is 0 Å². The van der Waals surface area contributed by atoms with Crippen molar-refractivity contribution in [1.29, 1.82) is 0 Å². The summed E-state index contributed by atoms with van der Waals surface area (Å²) in [6.45, 7) is 5.40. The fourth-order valence-corrected chi connectivity index (χ4v) is 2.68. The van der Waals surface area contributed by atoms with Crippen LogP contribution in [0.2, 0.25) is 0 Å². The van der Waals surface area contributed by atoms with Gasteiger partial charge in [0.05, 0.1) is 0 Å². The second-order valence-electron chi connectivity index (χ2n) is 5.19. The molecule has 0 radical (unpaired) electrons. The Kier molecular flexibility index (Phi) is 3.73. The van der Waals surface area contributed by atoms with E-state index in [0.29, 0.717) is 0 Å². The van der Waals surface area contributed by atoms with Crippen LogP contribution < -0.4 is 10.2 Å². The molecule has 0 spiro atoms. The van der Waals surface area contributed by atoms with E-state index in [4.69, 9.17) is 0 Å². The molecule has 21 heavy (non-hydrogen) atoms. The van der Waals surface area contributed by atoms with Gasteiger partial charge in [-0.25, -0.2) is 0 Å². The smallest absolute Gasteiger partial charge is 0.247 e. The summed E-state index contributed by atoms with van der Waals surface area (Å²) >= 11 is 0. The number of hydrogen-bond acceptors (Lipinski definition) is 2. The minimum absolute atomic E-state index is 0.184. The quantitative estimate of drug-likeness (QED) is 0.870. The minimum Gasteiger partial charge on any atom is -0.367 e. The third-order valence-corrected chi connectivity index (χ3v) is 3.76. The van der Waals surface area contributed by atoms with Crippen LogP contribution in [-0.2, 0) is 17.8 Å². The summed E-state index contributed by atoms with van der Waals surface area (Å²) in [5, 5.41) is 2.76. The summed E-state index contributed by atoms with van der Waals surface area (Å²) in [5.74, 6) is -0.184. The van der Waals surface area contributed by atoms with Crippen molar-refractivity contribution in [2.24, 2.45) is 0 Å². The Balaban J connectivity index is 1.69. The van der Waals surface area contributed by atoms with Crippen LogP contribution in [0.4, 0.5) is 11.4 Å². The van der Waals surface area contributed by atoms with Crippen LogP contribution in [0, 0.1) is 0 Å². The van der Waals surface area contributed by atoms with Crippen LogP contribution in [-0.4, -0.2) is 12.5 Å². The number of hydrogen-bond donors (Lipinski definition) is 1. The Bertz CT molecular complexity index is 661. The zero-order valence-electron chi connectivity index (χ0n) is 11.9. The Morgan fingerprint density at radius 2 is 1.95 bits per heavy atom. The first-order chi connectivity index (χ1) is 10.3. The molecular weight excluding hydrogens is 260 g/mol. The first-order valence-electron chi connectivity index (χ1n) is 7.11. The number of fused-ring (bicyclic) bond motifs is 1. The second-order valence-corrected chi connectivity index (χ2v) is 5.19. The third kappa shape index (κ3) is 2.97. The van der Waals surface area contributed by atoms with Crippen molar-refractivity contribution >= 4 is 17.3 Å². The number of nitrogens with one attached hydrogen (secondary N) is 1. The standard InChI is InChI=1S/C18H18N2O/c1-2-18(21)19-16-9-7-14(8-10-16)13-20-12-11-15-5-3-4-6-17(15)20/h2-10H,1,11-13H2,(H,19,21). The van der Waals surface area contributed by atoms with Crippen molar-refractivity contribution in [3.8, 4) is 0 Å². The van der Waals surface area contributed by atoms with Crippen molar-refractivity contribution in [3.05, 3.63) is 72.3 Å². The summed E-state index contributed by atoms with van der Waals surface area (Å²) in [4.78, 5) is 13.6. The van der Waals surface area contributed by atoms with Gasteiger partial charge < -0.3 is 10.2 Å². The average Bonchev–Trinajstić information content (AvgIpc) is 2.92. The van der Waals surface area contributed by atoms with Gasteiger partial charge in [0.15, 0.2) is 0 Å². The zero-order chi connectivity index (χ0) is 14.7. The molecule has 0 fully saturated rings. The molecule has 106 valence electrons. The van der Waals surface area contributed by atoms with Gasteiger partial charge in [-0.05, 0) is 41.8 Å². The van der Waals surface area contributed by atoms with E-state index in [9.17, 15) is 4.79 Å². The molecule has 2 aromatic carbocycles. The molecule has 3 heteroatoms. The monoisotopic (exact) mass is 278 g/mol. The summed E-state index contributed by atoms with van der Waals surface area (Å²) in [7, 11) is 0. The molecule has 3 rings (SSSR count). The molecule has 1 N–H and O–H groups in total. The highest BCUT2D eigenvalue weighted by atomic mass is 16.1. The van der Waals surface area contributed by atoms with Crippen LogP contribution in [0.25, 0.3) is 0 Å². The lowest BCUT2D eigenvalue weighted by atomic mass is 10.1. The predicted molar refractivity (Wildman–Crippen MR) is 86.5 cm³/mol. The summed E-state index contributed by atoms with van der Waals surface area (Å²) < 4.78 is 0. The topological polar surface area (TPSA) is 32.3 Å². The largest absolute Gasteiger partial charge is 0.367 e. The molecule has 0 aliphatic carbocycles. The van der Waals surface area contributed by atoms with Crippen LogP contribution in [0.15, 0.2) is 61.2 Å². The number of anilines is 2. The molecule has 0 bridgehead atoms. The van der Waals surface area contributed by atoms with Crippen LogP contribution in [0.3, 0.4) is 0 Å². The number of nitrogens with zero attached hydrogens (tertiary/aromatic N) is 1. The van der Waals surface area contributed by atoms with E-state index in [0.717, 1.165) is 25.2 Å². The van der Waals surface area contributed by atoms with E-state index in [1.54, 1.807) is 0 Å². The van der Waals surface area contributed by atoms with Gasteiger partial charge in [-0.2, -0.15) is 0 Å². The van der Waals surface area contributed by atoms with Crippen molar-refractivity contribution in [3.63, 3.8) is 0 Å². The molecule has 0 saturated heterocycles. The lowest BCUT2D eigenvalue weighted by molar-refractivity contribution is -0.111. The Labute approximate surface area is 124 Å². The second kappa shape index (κ2) is 5.83. The van der Waals surface area contributed by atoms with Gasteiger partial charge in [0.25, 0.3) is 0 Å². The third-order valence-electron chi connectivity index (χ3n) is 3.76. The van der Waals surface area contributed by atoms with E-state index in [-0.39, 0.29) is 5.91 Å². The lowest BCUT2D eigenvalue weighted by Crippen LogP contribution is -2.19. The Morgan fingerprint density at radius 1 is 1.19 bits per heavy atom. The first kappa shape index (κ1) is 13.4. The maximum Gasteiger partial charge on any atom is 0.247 e. The highest BCUT2D eigenvalue weighted by Gasteiger charge is 2.17. The number of carbonyl (C=O) groups is 1. The molecule has 1 heterocycles. The van der Waals surface area contributed by atoms with Crippen molar-refractivity contribution in [2.75, 3.05) is 16.8 Å². The number of carbonyl (C=O) groups excluding carboxylic acids is 1. The Morgan fingerprint density at radius 3 is 2.71 bits per heavy atom. The highest BCUT2D eigenvalue weighted by Crippen LogP contribution is 2.28. The van der Waals surface area contributed by atoms with Crippen molar-refractivity contribution in [1.82, 2.24) is 0 Å². The normalized spacial score (nSPS) is 12.9. The minimum atomic E-state index is -0.184. The molecule has 0 unspecified atom stereocenters. The Hall–Kier alpha value is -2.55. The van der Waals surface area contributed by atoms with Gasteiger partial charge >= 0.3 is 0 Å². The fourth-order valence-electron chi connectivity index (χ4n) is 2.68. The molecule has 0 aromatic heterocycles. The number of para-hydroxylation sites is 1. The zero-order valence-corrected chi connectivity index (χ0v) is 11.9. The lowest BCUT2D eigenvalue weighted by Gasteiger charge is -2.19. The fraction of sp³-hybridized carbons (Fsp3) is 0.167. The average molecular weight is 278 g/mol. The van der Waals surface area contributed by atoms with Gasteiger partial charge in [-0.15, -0.1) is 0 Å². The van der Waals surface area contributed by atoms with Gasteiger partial charge in [0, 0.05) is 24.5 Å². The molecule has 1 aliphatic heterocycles. The summed E-state index contributed by atoms with van der Waals surface area (Å²) in [5.41, 5.74) is 4.79. The van der Waals surface area contributed by atoms with Crippen LogP contribution >= 0.6 is 0 Å². The first-order valence-corrected chi connectivity index (χ1v) is 7.11. The maximum absolute atomic E-state index is 11.2. The predicted octanol–water partition coefficient (Wildman–Crippen LogP) is 3.37. The summed E-state index contributed by atoms with van der Waals surface area (Å²) in [6, 6.07) is 16.5.